The Hall–Kier alpha value is -2.52. The van der Waals surface area contributed by atoms with E-state index in [1.807, 2.05) is 0 Å². The monoisotopic (exact) mass is 514 g/mol. The van der Waals surface area contributed by atoms with Gasteiger partial charge in [-0.25, -0.2) is 9.59 Å². The number of rotatable bonds is 6. The molecule has 2 heterocycles. The number of nitrogens with one attached hydrogen (secondary N) is 6. The highest BCUT2D eigenvalue weighted by Crippen LogP contribution is 2.28. The zero-order chi connectivity index (χ0) is 25.6. The number of amidine groups is 2. The Bertz CT molecular complexity index is 860. The third-order valence-corrected chi connectivity index (χ3v) is 9.15. The summed E-state index contributed by atoms with van der Waals surface area (Å²) >= 11 is 0. The van der Waals surface area contributed by atoms with Crippen molar-refractivity contribution >= 4 is 23.7 Å². The molecule has 0 saturated heterocycles. The molecule has 206 valence electrons. The van der Waals surface area contributed by atoms with Crippen LogP contribution in [0.5, 0.6) is 0 Å². The fraction of sp³-hybridized carbons (Fsp3) is 0.852. The molecule has 3 fully saturated rings. The molecular weight excluding hydrogens is 468 g/mol. The number of carbonyl (C=O) groups excluding carboxylic acids is 2. The zero-order valence-corrected chi connectivity index (χ0v) is 22.4. The third-order valence-electron chi connectivity index (χ3n) is 9.15. The van der Waals surface area contributed by atoms with Crippen LogP contribution in [0.3, 0.4) is 0 Å². The van der Waals surface area contributed by atoms with Crippen LogP contribution < -0.4 is 31.9 Å². The van der Waals surface area contributed by atoms with Crippen LogP contribution in [-0.2, 0) is 0 Å². The van der Waals surface area contributed by atoms with E-state index in [1.54, 1.807) is 0 Å². The van der Waals surface area contributed by atoms with Crippen LogP contribution in [0.4, 0.5) is 9.59 Å². The van der Waals surface area contributed by atoms with Gasteiger partial charge in [-0.3, -0.25) is 9.98 Å². The lowest BCUT2D eigenvalue weighted by atomic mass is 9.82. The minimum absolute atomic E-state index is 0.0688. The molecule has 0 aromatic carbocycles. The summed E-state index contributed by atoms with van der Waals surface area (Å²) in [5, 5.41) is 19.6. The van der Waals surface area contributed by atoms with Gasteiger partial charge in [0.2, 0.25) is 0 Å². The van der Waals surface area contributed by atoms with Crippen molar-refractivity contribution in [2.24, 2.45) is 27.7 Å². The molecule has 0 bridgehead atoms. The molecule has 0 spiro atoms. The van der Waals surface area contributed by atoms with Gasteiger partial charge in [0.1, 0.15) is 0 Å². The molecule has 6 N–H and O–H groups in total. The second-order valence-corrected chi connectivity index (χ2v) is 11.8. The highest BCUT2D eigenvalue weighted by atomic mass is 16.2. The van der Waals surface area contributed by atoms with Crippen molar-refractivity contribution in [3.8, 4) is 0 Å². The van der Waals surface area contributed by atoms with E-state index in [4.69, 9.17) is 0 Å². The van der Waals surface area contributed by atoms with Gasteiger partial charge < -0.3 is 31.9 Å². The van der Waals surface area contributed by atoms with Gasteiger partial charge in [-0.05, 0) is 76.5 Å². The van der Waals surface area contributed by atoms with Gasteiger partial charge >= 0.3 is 12.1 Å². The molecule has 0 aromatic heterocycles. The topological polar surface area (TPSA) is 131 Å². The smallest absolute Gasteiger partial charge is 0.315 e. The van der Waals surface area contributed by atoms with Crippen molar-refractivity contribution in [1.29, 1.82) is 0 Å². The minimum Gasteiger partial charge on any atom is -0.372 e. The number of urea groups is 2. The molecule has 10 heteroatoms. The average molecular weight is 515 g/mol. The van der Waals surface area contributed by atoms with E-state index in [0.29, 0.717) is 17.8 Å². The molecule has 0 radical (unpaired) electrons. The summed E-state index contributed by atoms with van der Waals surface area (Å²) in [6, 6.07) is 0.476. The van der Waals surface area contributed by atoms with E-state index >= 15 is 0 Å². The summed E-state index contributed by atoms with van der Waals surface area (Å²) in [7, 11) is 0. The summed E-state index contributed by atoms with van der Waals surface area (Å²) in [4.78, 5) is 34.7. The van der Waals surface area contributed by atoms with Crippen LogP contribution in [0.15, 0.2) is 9.98 Å². The average Bonchev–Trinajstić information content (AvgIpc) is 3.62. The Morgan fingerprint density at radius 1 is 0.649 bits per heavy atom. The molecule has 3 atom stereocenters. The quantitative estimate of drug-likeness (QED) is 0.325. The summed E-state index contributed by atoms with van der Waals surface area (Å²) in [6.07, 6.45) is 11.0. The molecule has 4 amide bonds. The lowest BCUT2D eigenvalue weighted by molar-refractivity contribution is 0.197. The zero-order valence-electron chi connectivity index (χ0n) is 22.4. The highest BCUT2D eigenvalue weighted by molar-refractivity contribution is 5.86. The Morgan fingerprint density at radius 3 is 1.59 bits per heavy atom. The molecule has 3 saturated carbocycles. The van der Waals surface area contributed by atoms with Crippen molar-refractivity contribution in [2.75, 3.05) is 26.2 Å². The number of hydrogen-bond donors (Lipinski definition) is 6. The van der Waals surface area contributed by atoms with Crippen molar-refractivity contribution in [2.45, 2.75) is 102 Å². The Kier molecular flexibility index (Phi) is 8.71. The maximum Gasteiger partial charge on any atom is 0.315 e. The second-order valence-electron chi connectivity index (χ2n) is 11.8. The Morgan fingerprint density at radius 2 is 1.11 bits per heavy atom. The molecule has 5 aliphatic rings. The lowest BCUT2D eigenvalue weighted by Crippen LogP contribution is -2.55. The van der Waals surface area contributed by atoms with E-state index in [2.05, 4.69) is 48.8 Å². The predicted molar refractivity (Wildman–Crippen MR) is 146 cm³/mol. The third kappa shape index (κ3) is 7.08. The number of nitrogens with zero attached hydrogens (tertiary/aromatic N) is 2. The summed E-state index contributed by atoms with van der Waals surface area (Å²) in [6.45, 7) is 5.90. The van der Waals surface area contributed by atoms with E-state index in [0.717, 1.165) is 96.8 Å². The first-order valence-electron chi connectivity index (χ1n) is 14.7. The van der Waals surface area contributed by atoms with Gasteiger partial charge in [0, 0.05) is 49.1 Å². The predicted octanol–water partition coefficient (Wildman–Crippen LogP) is 2.26. The van der Waals surface area contributed by atoms with Gasteiger partial charge in [-0.1, -0.05) is 6.92 Å². The SMILES string of the molecule is CC1CCC(NC(=O)NC2CCC(C3=NCCN3)CC2)CC1NC(=O)NC1CCC(C2=NCCN2)CC1. The molecule has 10 nitrogen and oxygen atoms in total. The van der Waals surface area contributed by atoms with Gasteiger partial charge in [0.05, 0.1) is 24.8 Å². The normalized spacial score (nSPS) is 35.9. The maximum atomic E-state index is 12.8. The van der Waals surface area contributed by atoms with E-state index in [-0.39, 0.29) is 36.2 Å². The first kappa shape index (κ1) is 26.1. The van der Waals surface area contributed by atoms with Crippen LogP contribution in [0.2, 0.25) is 0 Å². The Labute approximate surface area is 221 Å². The number of amides is 4. The summed E-state index contributed by atoms with van der Waals surface area (Å²) < 4.78 is 0. The first-order chi connectivity index (χ1) is 18.0. The van der Waals surface area contributed by atoms with Gasteiger partial charge in [0.15, 0.2) is 0 Å². The van der Waals surface area contributed by atoms with Crippen molar-refractivity contribution in [3.63, 3.8) is 0 Å². The van der Waals surface area contributed by atoms with Crippen LogP contribution >= 0.6 is 0 Å². The van der Waals surface area contributed by atoms with Crippen molar-refractivity contribution in [3.05, 3.63) is 0 Å². The largest absolute Gasteiger partial charge is 0.372 e. The molecule has 2 aliphatic heterocycles. The van der Waals surface area contributed by atoms with Crippen LogP contribution in [0.1, 0.15) is 77.6 Å². The number of aliphatic imine (C=N–C) groups is 2. The fourth-order valence-corrected chi connectivity index (χ4v) is 6.86. The maximum absolute atomic E-state index is 12.8. The van der Waals surface area contributed by atoms with E-state index in [9.17, 15) is 9.59 Å². The standard InChI is InChI=1S/C27H46N8O2/c1-17-2-7-22(34-26(36)32-20-8-3-18(4-9-20)24-28-12-13-29-24)16-23(17)35-27(37)33-21-10-5-19(6-11-21)25-30-14-15-31-25/h17-23H,2-16H2,1H3,(H,28,29)(H,30,31)(H2,32,34,36)(H2,33,35,37). The van der Waals surface area contributed by atoms with Gasteiger partial charge in [-0.2, -0.15) is 0 Å². The molecular formula is C27H46N8O2. The van der Waals surface area contributed by atoms with Crippen LogP contribution in [0.25, 0.3) is 0 Å². The van der Waals surface area contributed by atoms with Crippen LogP contribution in [0, 0.1) is 17.8 Å². The first-order valence-corrected chi connectivity index (χ1v) is 14.7. The minimum atomic E-state index is -0.0696. The highest BCUT2D eigenvalue weighted by Gasteiger charge is 2.32. The molecule has 0 aromatic rings. The van der Waals surface area contributed by atoms with Crippen LogP contribution in [-0.4, -0.2) is 74.1 Å². The molecule has 37 heavy (non-hydrogen) atoms. The van der Waals surface area contributed by atoms with Crippen molar-refractivity contribution < 1.29 is 9.59 Å². The van der Waals surface area contributed by atoms with Crippen molar-refractivity contribution in [1.82, 2.24) is 31.9 Å². The number of carbonyl (C=O) groups is 2. The fourth-order valence-electron chi connectivity index (χ4n) is 6.86. The molecule has 5 rings (SSSR count). The lowest BCUT2D eigenvalue weighted by Gasteiger charge is -2.36. The summed E-state index contributed by atoms with van der Waals surface area (Å²) in [5.74, 6) is 3.79. The Balaban J connectivity index is 1.00. The van der Waals surface area contributed by atoms with Gasteiger partial charge in [0.25, 0.3) is 0 Å². The van der Waals surface area contributed by atoms with Gasteiger partial charge in [-0.15, -0.1) is 0 Å². The number of hydrogen-bond acceptors (Lipinski definition) is 6. The van der Waals surface area contributed by atoms with E-state index < -0.39 is 0 Å². The molecule has 3 aliphatic carbocycles. The second kappa shape index (κ2) is 12.3. The van der Waals surface area contributed by atoms with E-state index in [1.165, 1.54) is 11.7 Å². The summed E-state index contributed by atoms with van der Waals surface area (Å²) in [5.41, 5.74) is 0. The molecule has 3 unspecified atom stereocenters.